The van der Waals surface area contributed by atoms with Gasteiger partial charge in [-0.05, 0) is 30.7 Å². The zero-order valence-electron chi connectivity index (χ0n) is 10.5. The van der Waals surface area contributed by atoms with Gasteiger partial charge >= 0.3 is 0 Å². The van der Waals surface area contributed by atoms with Crippen LogP contribution in [0.25, 0.3) is 0 Å². The Morgan fingerprint density at radius 1 is 1.39 bits per heavy atom. The van der Waals surface area contributed by atoms with E-state index < -0.39 is 0 Å². The van der Waals surface area contributed by atoms with Crippen LogP contribution < -0.4 is 5.73 Å². The number of nitrogen functional groups attached to an aromatic ring is 1. The van der Waals surface area contributed by atoms with Crippen LogP contribution in [0.2, 0.25) is 0 Å². The summed E-state index contributed by atoms with van der Waals surface area (Å²) in [6.45, 7) is 2.46. The SMILES string of the molecule is COCc1cc(CSc2ccc(N)c(C)c2)no1. The number of aromatic nitrogens is 1. The molecule has 0 aliphatic carbocycles. The molecule has 4 nitrogen and oxygen atoms in total. The average molecular weight is 264 g/mol. The Kier molecular flexibility index (Phi) is 4.28. The monoisotopic (exact) mass is 264 g/mol. The van der Waals surface area contributed by atoms with Gasteiger partial charge in [-0.1, -0.05) is 5.16 Å². The highest BCUT2D eigenvalue weighted by Gasteiger charge is 2.05. The van der Waals surface area contributed by atoms with Gasteiger partial charge in [0.05, 0.1) is 5.69 Å². The van der Waals surface area contributed by atoms with Gasteiger partial charge in [0.2, 0.25) is 0 Å². The Hall–Kier alpha value is -1.46. The summed E-state index contributed by atoms with van der Waals surface area (Å²) < 4.78 is 10.1. The third-order valence-electron chi connectivity index (χ3n) is 2.52. The number of anilines is 1. The molecule has 1 heterocycles. The molecule has 2 N–H and O–H groups in total. The van der Waals surface area contributed by atoms with Crippen LogP contribution in [-0.4, -0.2) is 12.3 Å². The Morgan fingerprint density at radius 3 is 2.94 bits per heavy atom. The van der Waals surface area contributed by atoms with Crippen LogP contribution in [0.4, 0.5) is 5.69 Å². The molecule has 96 valence electrons. The number of hydrogen-bond donors (Lipinski definition) is 1. The van der Waals surface area contributed by atoms with E-state index in [1.54, 1.807) is 18.9 Å². The molecular formula is C13H16N2O2S. The van der Waals surface area contributed by atoms with Gasteiger partial charge in [-0.3, -0.25) is 0 Å². The molecule has 1 aromatic heterocycles. The maximum atomic E-state index is 5.78. The first-order valence-corrected chi connectivity index (χ1v) is 6.60. The number of benzene rings is 1. The molecule has 1 aromatic carbocycles. The van der Waals surface area contributed by atoms with Crippen molar-refractivity contribution in [2.24, 2.45) is 0 Å². The lowest BCUT2D eigenvalue weighted by Gasteiger charge is -2.03. The van der Waals surface area contributed by atoms with Crippen LogP contribution in [0, 0.1) is 6.92 Å². The summed E-state index contributed by atoms with van der Waals surface area (Å²) in [6.07, 6.45) is 0. The molecule has 0 fully saturated rings. The minimum Gasteiger partial charge on any atom is -0.399 e. The molecule has 0 spiro atoms. The van der Waals surface area contributed by atoms with Gasteiger partial charge in [0.25, 0.3) is 0 Å². The maximum Gasteiger partial charge on any atom is 0.162 e. The summed E-state index contributed by atoms with van der Waals surface area (Å²) >= 11 is 1.71. The second kappa shape index (κ2) is 5.93. The van der Waals surface area contributed by atoms with E-state index in [1.807, 2.05) is 25.1 Å². The van der Waals surface area contributed by atoms with Gasteiger partial charge in [0, 0.05) is 29.5 Å². The third-order valence-corrected chi connectivity index (χ3v) is 3.55. The lowest BCUT2D eigenvalue weighted by Crippen LogP contribution is -1.89. The number of rotatable bonds is 5. The van der Waals surface area contributed by atoms with E-state index in [2.05, 4.69) is 11.2 Å². The predicted molar refractivity (Wildman–Crippen MR) is 72.4 cm³/mol. The largest absolute Gasteiger partial charge is 0.399 e. The van der Waals surface area contributed by atoms with E-state index in [1.165, 1.54) is 4.90 Å². The van der Waals surface area contributed by atoms with Gasteiger partial charge in [0.1, 0.15) is 6.61 Å². The standard InChI is InChI=1S/C13H16N2O2S/c1-9-5-12(3-4-13(9)14)18-8-10-6-11(7-16-2)17-15-10/h3-6H,7-8,14H2,1-2H3. The normalized spacial score (nSPS) is 10.8. The summed E-state index contributed by atoms with van der Waals surface area (Å²) in [5.41, 5.74) is 8.62. The van der Waals surface area contributed by atoms with Gasteiger partial charge in [-0.25, -0.2) is 0 Å². The molecule has 18 heavy (non-hydrogen) atoms. The number of thioether (sulfide) groups is 1. The van der Waals surface area contributed by atoms with Crippen molar-refractivity contribution >= 4 is 17.4 Å². The van der Waals surface area contributed by atoms with Crippen LogP contribution in [-0.2, 0) is 17.1 Å². The Labute approximate surface area is 110 Å². The lowest BCUT2D eigenvalue weighted by atomic mass is 10.2. The molecule has 0 saturated heterocycles. The molecular weight excluding hydrogens is 248 g/mol. The molecule has 0 bridgehead atoms. The zero-order chi connectivity index (χ0) is 13.0. The van der Waals surface area contributed by atoms with E-state index in [-0.39, 0.29) is 0 Å². The van der Waals surface area contributed by atoms with Crippen LogP contribution in [0.1, 0.15) is 17.0 Å². The van der Waals surface area contributed by atoms with Crippen LogP contribution >= 0.6 is 11.8 Å². The molecule has 2 rings (SSSR count). The third kappa shape index (κ3) is 3.27. The molecule has 0 radical (unpaired) electrons. The Morgan fingerprint density at radius 2 is 2.22 bits per heavy atom. The maximum absolute atomic E-state index is 5.78. The zero-order valence-corrected chi connectivity index (χ0v) is 11.3. The smallest absolute Gasteiger partial charge is 0.162 e. The summed E-state index contributed by atoms with van der Waals surface area (Å²) in [4.78, 5) is 1.18. The quantitative estimate of drug-likeness (QED) is 0.664. The summed E-state index contributed by atoms with van der Waals surface area (Å²) in [5.74, 6) is 1.53. The van der Waals surface area contributed by atoms with E-state index in [0.717, 1.165) is 28.5 Å². The first-order valence-electron chi connectivity index (χ1n) is 5.61. The number of nitrogens with zero attached hydrogens (tertiary/aromatic N) is 1. The molecule has 5 heteroatoms. The number of methoxy groups -OCH3 is 1. The Bertz CT molecular complexity index is 525. The molecule has 0 saturated carbocycles. The minimum absolute atomic E-state index is 0.457. The van der Waals surface area contributed by atoms with E-state index in [4.69, 9.17) is 15.0 Å². The Balaban J connectivity index is 1.95. The lowest BCUT2D eigenvalue weighted by molar-refractivity contribution is 0.156. The van der Waals surface area contributed by atoms with Crippen LogP contribution in [0.5, 0.6) is 0 Å². The first-order chi connectivity index (χ1) is 8.69. The number of ether oxygens (including phenoxy) is 1. The number of hydrogen-bond acceptors (Lipinski definition) is 5. The topological polar surface area (TPSA) is 61.3 Å². The van der Waals surface area contributed by atoms with Crippen molar-refractivity contribution in [2.75, 3.05) is 12.8 Å². The molecule has 0 aliphatic heterocycles. The van der Waals surface area contributed by atoms with Crippen molar-refractivity contribution in [3.63, 3.8) is 0 Å². The van der Waals surface area contributed by atoms with Crippen molar-refractivity contribution in [3.8, 4) is 0 Å². The average Bonchev–Trinajstić information content (AvgIpc) is 2.79. The highest BCUT2D eigenvalue weighted by molar-refractivity contribution is 7.98. The van der Waals surface area contributed by atoms with E-state index >= 15 is 0 Å². The molecule has 0 unspecified atom stereocenters. The van der Waals surface area contributed by atoms with Gasteiger partial charge in [-0.2, -0.15) is 0 Å². The fraction of sp³-hybridized carbons (Fsp3) is 0.308. The summed E-state index contributed by atoms with van der Waals surface area (Å²) in [7, 11) is 1.63. The molecule has 2 aromatic rings. The fourth-order valence-corrected chi connectivity index (χ4v) is 2.40. The highest BCUT2D eigenvalue weighted by atomic mass is 32.2. The summed E-state index contributed by atoms with van der Waals surface area (Å²) in [5, 5.41) is 3.99. The summed E-state index contributed by atoms with van der Waals surface area (Å²) in [6, 6.07) is 7.94. The van der Waals surface area contributed by atoms with Crippen LogP contribution in [0.15, 0.2) is 33.7 Å². The molecule has 0 amide bonds. The molecule has 0 aliphatic rings. The van der Waals surface area contributed by atoms with Crippen molar-refractivity contribution in [1.82, 2.24) is 5.16 Å². The second-order valence-corrected chi connectivity index (χ2v) is 5.07. The van der Waals surface area contributed by atoms with Gasteiger partial charge in [0.15, 0.2) is 5.76 Å². The van der Waals surface area contributed by atoms with Crippen molar-refractivity contribution in [2.45, 2.75) is 24.2 Å². The predicted octanol–water partition coefficient (Wildman–Crippen LogP) is 3.00. The van der Waals surface area contributed by atoms with Crippen LogP contribution in [0.3, 0.4) is 0 Å². The number of nitrogens with two attached hydrogens (primary N) is 1. The van der Waals surface area contributed by atoms with E-state index in [0.29, 0.717) is 6.61 Å². The highest BCUT2D eigenvalue weighted by Crippen LogP contribution is 2.25. The van der Waals surface area contributed by atoms with Gasteiger partial charge < -0.3 is 15.0 Å². The van der Waals surface area contributed by atoms with Gasteiger partial charge in [-0.15, -0.1) is 11.8 Å². The number of aryl methyl sites for hydroxylation is 1. The first kappa shape index (κ1) is 13.0. The van der Waals surface area contributed by atoms with Crippen molar-refractivity contribution < 1.29 is 9.26 Å². The van der Waals surface area contributed by atoms with Crippen molar-refractivity contribution in [3.05, 3.63) is 41.3 Å². The fourth-order valence-electron chi connectivity index (χ4n) is 1.53. The molecule has 0 atom stereocenters. The minimum atomic E-state index is 0.457. The second-order valence-electron chi connectivity index (χ2n) is 4.02. The van der Waals surface area contributed by atoms with Crippen molar-refractivity contribution in [1.29, 1.82) is 0 Å². The van der Waals surface area contributed by atoms with E-state index in [9.17, 15) is 0 Å².